The van der Waals surface area contributed by atoms with Crippen molar-refractivity contribution in [1.82, 2.24) is 5.43 Å². The van der Waals surface area contributed by atoms with E-state index in [1.807, 2.05) is 26.0 Å². The summed E-state index contributed by atoms with van der Waals surface area (Å²) >= 11 is 5.92. The Hall–Kier alpha value is -4.67. The molecule has 11 heteroatoms. The van der Waals surface area contributed by atoms with Gasteiger partial charge < -0.3 is 10.1 Å². The van der Waals surface area contributed by atoms with E-state index in [0.29, 0.717) is 33.3 Å². The summed E-state index contributed by atoms with van der Waals surface area (Å²) in [4.78, 5) is 24.7. The van der Waals surface area contributed by atoms with E-state index in [4.69, 9.17) is 16.3 Å². The van der Waals surface area contributed by atoms with Gasteiger partial charge in [-0.1, -0.05) is 35.9 Å². The maximum atomic E-state index is 12.6. The lowest BCUT2D eigenvalue weighted by atomic mass is 10.1. The molecule has 0 fully saturated rings. The Morgan fingerprint density at radius 2 is 1.65 bits per heavy atom. The van der Waals surface area contributed by atoms with Crippen LogP contribution >= 0.6 is 11.6 Å². The first kappa shape index (κ1) is 31.3. The number of nitrogens with zero attached hydrogens (tertiary/aromatic N) is 2. The maximum Gasteiger partial charge on any atom is 0.271 e. The molecule has 2 N–H and O–H groups in total. The summed E-state index contributed by atoms with van der Waals surface area (Å²) in [6.07, 6.45) is 2.65. The number of anilines is 2. The Labute approximate surface area is 256 Å². The fourth-order valence-corrected chi connectivity index (χ4v) is 5.07. The van der Waals surface area contributed by atoms with Crippen LogP contribution in [0.5, 0.6) is 5.75 Å². The number of amides is 2. The Balaban J connectivity index is 1.28. The van der Waals surface area contributed by atoms with E-state index in [9.17, 15) is 18.0 Å². The van der Waals surface area contributed by atoms with Gasteiger partial charge in [-0.2, -0.15) is 5.10 Å². The molecule has 4 aromatic rings. The molecule has 0 spiro atoms. The number of hydrogen-bond donors (Lipinski definition) is 2. The SMILES string of the molecule is Cc1ccc(N(Cc2ccc(C(=O)N/N=C/c3ccc(OCC(=O)Nc4cccc(Cl)c4)cc3)cc2)S(C)(=O)=O)cc1C. The first-order chi connectivity index (χ1) is 20.5. The van der Waals surface area contributed by atoms with Crippen LogP contribution in [0.1, 0.15) is 32.6 Å². The second-order valence-electron chi connectivity index (χ2n) is 9.85. The van der Waals surface area contributed by atoms with Crippen LogP contribution in [0.3, 0.4) is 0 Å². The average molecular weight is 619 g/mol. The average Bonchev–Trinajstić information content (AvgIpc) is 2.97. The first-order valence-corrected chi connectivity index (χ1v) is 15.5. The molecule has 4 aromatic carbocycles. The summed E-state index contributed by atoms with van der Waals surface area (Å²) < 4.78 is 31.9. The van der Waals surface area contributed by atoms with Gasteiger partial charge in [-0.3, -0.25) is 13.9 Å². The van der Waals surface area contributed by atoms with E-state index in [1.165, 1.54) is 16.8 Å². The van der Waals surface area contributed by atoms with E-state index < -0.39 is 15.9 Å². The lowest BCUT2D eigenvalue weighted by molar-refractivity contribution is -0.118. The Bertz CT molecular complexity index is 1740. The van der Waals surface area contributed by atoms with Crippen molar-refractivity contribution in [2.24, 2.45) is 5.10 Å². The molecule has 0 aromatic heterocycles. The number of nitrogens with one attached hydrogen (secondary N) is 2. The highest BCUT2D eigenvalue weighted by Gasteiger charge is 2.18. The molecule has 9 nitrogen and oxygen atoms in total. The molecule has 222 valence electrons. The molecule has 43 heavy (non-hydrogen) atoms. The Morgan fingerprint density at radius 3 is 2.30 bits per heavy atom. The van der Waals surface area contributed by atoms with Crippen molar-refractivity contribution >= 4 is 51.0 Å². The van der Waals surface area contributed by atoms with E-state index in [-0.39, 0.29) is 19.1 Å². The van der Waals surface area contributed by atoms with Gasteiger partial charge in [0.25, 0.3) is 11.8 Å². The standard InChI is InChI=1S/C32H31ClN4O5S/c1-22-7-14-29(17-23(22)2)37(43(3,40)41)20-25-8-12-26(13-9-25)32(39)36-34-19-24-10-15-30(16-11-24)42-21-31(38)35-28-6-4-5-27(33)18-28/h4-19H,20-21H2,1-3H3,(H,35,38)(H,36,39)/b34-19+. The molecule has 2 amide bonds. The Morgan fingerprint density at radius 1 is 0.930 bits per heavy atom. The lowest BCUT2D eigenvalue weighted by Crippen LogP contribution is -2.29. The van der Waals surface area contributed by atoms with Crippen LogP contribution in [0.15, 0.2) is 96.1 Å². The molecule has 0 aliphatic carbocycles. The molecule has 0 radical (unpaired) electrons. The summed E-state index contributed by atoms with van der Waals surface area (Å²) in [7, 11) is -3.53. The summed E-state index contributed by atoms with van der Waals surface area (Å²) in [5.41, 5.74) is 7.53. The molecule has 0 atom stereocenters. The molecule has 0 aliphatic heterocycles. The van der Waals surface area contributed by atoms with Crippen LogP contribution in [0.25, 0.3) is 0 Å². The van der Waals surface area contributed by atoms with Gasteiger partial charge in [0.1, 0.15) is 5.75 Å². The zero-order chi connectivity index (χ0) is 31.0. The second kappa shape index (κ2) is 14.0. The van der Waals surface area contributed by atoms with Gasteiger partial charge in [-0.05, 0) is 103 Å². The topological polar surface area (TPSA) is 117 Å². The minimum absolute atomic E-state index is 0.133. The third kappa shape index (κ3) is 9.16. The lowest BCUT2D eigenvalue weighted by Gasteiger charge is -2.23. The largest absolute Gasteiger partial charge is 0.484 e. The van der Waals surface area contributed by atoms with Crippen LogP contribution < -0.4 is 19.8 Å². The van der Waals surface area contributed by atoms with E-state index in [2.05, 4.69) is 15.8 Å². The Kier molecular flexibility index (Phi) is 10.2. The van der Waals surface area contributed by atoms with Gasteiger partial charge in [0.2, 0.25) is 10.0 Å². The second-order valence-corrected chi connectivity index (χ2v) is 12.2. The van der Waals surface area contributed by atoms with Crippen molar-refractivity contribution in [2.75, 3.05) is 22.5 Å². The normalized spacial score (nSPS) is 11.3. The van der Waals surface area contributed by atoms with Crippen molar-refractivity contribution in [3.63, 3.8) is 0 Å². The zero-order valence-electron chi connectivity index (χ0n) is 23.9. The molecule has 0 saturated carbocycles. The minimum Gasteiger partial charge on any atom is -0.484 e. The molecule has 0 unspecified atom stereocenters. The van der Waals surface area contributed by atoms with Crippen LogP contribution in [0.2, 0.25) is 5.02 Å². The monoisotopic (exact) mass is 618 g/mol. The summed E-state index contributed by atoms with van der Waals surface area (Å²) in [6.45, 7) is 3.87. The third-order valence-electron chi connectivity index (χ3n) is 6.46. The fourth-order valence-electron chi connectivity index (χ4n) is 4.00. The quantitative estimate of drug-likeness (QED) is 0.165. The van der Waals surface area contributed by atoms with E-state index in [1.54, 1.807) is 78.9 Å². The highest BCUT2D eigenvalue weighted by atomic mass is 35.5. The van der Waals surface area contributed by atoms with Gasteiger partial charge in [-0.15, -0.1) is 0 Å². The molecule has 4 rings (SSSR count). The predicted molar refractivity (Wildman–Crippen MR) is 170 cm³/mol. The number of halogens is 1. The van der Waals surface area contributed by atoms with Crippen LogP contribution in [0, 0.1) is 13.8 Å². The smallest absolute Gasteiger partial charge is 0.271 e. The van der Waals surface area contributed by atoms with Crippen LogP contribution in [-0.2, 0) is 21.4 Å². The molecular weight excluding hydrogens is 588 g/mol. The highest BCUT2D eigenvalue weighted by Crippen LogP contribution is 2.24. The van der Waals surface area contributed by atoms with E-state index in [0.717, 1.165) is 16.7 Å². The number of hydrogen-bond acceptors (Lipinski definition) is 6. The summed E-state index contributed by atoms with van der Waals surface area (Å²) in [5.74, 6) is -0.241. The zero-order valence-corrected chi connectivity index (χ0v) is 25.4. The van der Waals surface area contributed by atoms with Crippen LogP contribution in [-0.4, -0.2) is 39.3 Å². The number of rotatable bonds is 11. The highest BCUT2D eigenvalue weighted by molar-refractivity contribution is 7.92. The van der Waals surface area contributed by atoms with E-state index >= 15 is 0 Å². The van der Waals surface area contributed by atoms with Gasteiger partial charge in [0, 0.05) is 16.3 Å². The third-order valence-corrected chi connectivity index (χ3v) is 7.83. The summed E-state index contributed by atoms with van der Waals surface area (Å²) in [6, 6.07) is 25.9. The molecule has 0 saturated heterocycles. The van der Waals surface area contributed by atoms with Crippen molar-refractivity contribution in [2.45, 2.75) is 20.4 Å². The number of carbonyl (C=O) groups excluding carboxylic acids is 2. The molecular formula is C32H31ClN4O5S. The maximum absolute atomic E-state index is 12.6. The summed E-state index contributed by atoms with van der Waals surface area (Å²) in [5, 5.41) is 7.23. The fraction of sp³-hybridized carbons (Fsp3) is 0.156. The number of hydrazone groups is 1. The van der Waals surface area contributed by atoms with Crippen molar-refractivity contribution in [3.05, 3.63) is 124 Å². The number of ether oxygens (including phenoxy) is 1. The predicted octanol–water partition coefficient (Wildman–Crippen LogP) is 5.70. The van der Waals surface area contributed by atoms with Gasteiger partial charge >= 0.3 is 0 Å². The molecule has 0 heterocycles. The first-order valence-electron chi connectivity index (χ1n) is 13.2. The number of carbonyl (C=O) groups is 2. The van der Waals surface area contributed by atoms with Gasteiger partial charge in [-0.25, -0.2) is 13.8 Å². The van der Waals surface area contributed by atoms with Crippen molar-refractivity contribution in [1.29, 1.82) is 0 Å². The minimum atomic E-state index is -3.53. The van der Waals surface area contributed by atoms with Gasteiger partial charge in [0.05, 0.1) is 24.7 Å². The number of aryl methyl sites for hydroxylation is 2. The van der Waals surface area contributed by atoms with Gasteiger partial charge in [0.15, 0.2) is 6.61 Å². The van der Waals surface area contributed by atoms with Crippen molar-refractivity contribution < 1.29 is 22.7 Å². The number of benzene rings is 4. The van der Waals surface area contributed by atoms with Crippen molar-refractivity contribution in [3.8, 4) is 5.75 Å². The van der Waals surface area contributed by atoms with Crippen LogP contribution in [0.4, 0.5) is 11.4 Å². The number of sulfonamides is 1. The molecule has 0 bridgehead atoms. The molecule has 0 aliphatic rings.